The quantitative estimate of drug-likeness (QED) is 0.448. The van der Waals surface area contributed by atoms with Gasteiger partial charge in [-0.1, -0.05) is 61.5 Å². The van der Waals surface area contributed by atoms with E-state index in [-0.39, 0.29) is 0 Å². The van der Waals surface area contributed by atoms with Crippen LogP contribution < -0.4 is 0 Å². The van der Waals surface area contributed by atoms with Crippen LogP contribution in [0.3, 0.4) is 0 Å². The minimum Gasteiger partial charge on any atom is -0.456 e. The molecule has 1 aromatic heterocycles. The zero-order valence-electron chi connectivity index (χ0n) is 12.0. The number of aryl methyl sites for hydroxylation is 1. The monoisotopic (exact) mass is 272 g/mol. The summed E-state index contributed by atoms with van der Waals surface area (Å²) in [4.78, 5) is 0. The average molecular weight is 272 g/mol. The predicted molar refractivity (Wildman–Crippen MR) is 88.5 cm³/mol. The van der Waals surface area contributed by atoms with Gasteiger partial charge in [0.2, 0.25) is 0 Å². The Hall–Kier alpha value is -2.54. The highest BCUT2D eigenvalue weighted by Gasteiger charge is 2.14. The molecule has 1 heterocycles. The smallest absolute Gasteiger partial charge is 0.136 e. The zero-order chi connectivity index (χ0) is 14.2. The molecule has 4 rings (SSSR count). The Morgan fingerprint density at radius 2 is 1.43 bits per heavy atom. The van der Waals surface area contributed by atoms with E-state index in [0.717, 1.165) is 17.6 Å². The molecule has 0 atom stereocenters. The van der Waals surface area contributed by atoms with Gasteiger partial charge in [-0.25, -0.2) is 0 Å². The van der Waals surface area contributed by atoms with Crippen molar-refractivity contribution in [3.05, 3.63) is 72.3 Å². The van der Waals surface area contributed by atoms with Gasteiger partial charge in [-0.15, -0.1) is 0 Å². The summed E-state index contributed by atoms with van der Waals surface area (Å²) in [5, 5.41) is 2.49. The Bertz CT molecular complexity index is 917. The number of furan rings is 1. The van der Waals surface area contributed by atoms with Gasteiger partial charge in [-0.2, -0.15) is 0 Å². The van der Waals surface area contributed by atoms with Gasteiger partial charge in [0.1, 0.15) is 11.2 Å². The molecule has 3 aromatic carbocycles. The molecule has 0 fully saturated rings. The molecule has 0 bridgehead atoms. The first kappa shape index (κ1) is 12.2. The van der Waals surface area contributed by atoms with E-state index in [9.17, 15) is 0 Å². The van der Waals surface area contributed by atoms with Crippen molar-refractivity contribution in [1.29, 1.82) is 0 Å². The fourth-order valence-electron chi connectivity index (χ4n) is 3.09. The topological polar surface area (TPSA) is 13.1 Å². The van der Waals surface area contributed by atoms with E-state index in [4.69, 9.17) is 4.42 Å². The minimum atomic E-state index is 0.965. The highest BCUT2D eigenvalue weighted by atomic mass is 16.3. The van der Waals surface area contributed by atoms with Crippen molar-refractivity contribution in [2.75, 3.05) is 0 Å². The molecule has 0 aliphatic carbocycles. The largest absolute Gasteiger partial charge is 0.456 e. The molecule has 0 saturated heterocycles. The van der Waals surface area contributed by atoms with Crippen LogP contribution in [-0.4, -0.2) is 0 Å². The van der Waals surface area contributed by atoms with E-state index in [1.165, 1.54) is 27.5 Å². The van der Waals surface area contributed by atoms with Crippen LogP contribution in [-0.2, 0) is 6.42 Å². The van der Waals surface area contributed by atoms with Crippen molar-refractivity contribution in [3.63, 3.8) is 0 Å². The molecule has 0 spiro atoms. The minimum absolute atomic E-state index is 0.965. The molecular weight excluding hydrogens is 256 g/mol. The molecule has 0 radical (unpaired) electrons. The number of hydrogen-bond acceptors (Lipinski definition) is 1. The number of hydrogen-bond donors (Lipinski definition) is 0. The summed E-state index contributed by atoms with van der Waals surface area (Å²) in [6, 6.07) is 23.2. The van der Waals surface area contributed by atoms with Crippen molar-refractivity contribution >= 4 is 21.9 Å². The standard InChI is InChI=1S/C20H16O/c1-2-14-10-6-12-17-19(14)20-16(11-7-13-18(20)21-17)15-8-4-3-5-9-15/h3-13H,2H2,1H3. The molecule has 0 N–H and O–H groups in total. The Morgan fingerprint density at radius 3 is 2.19 bits per heavy atom. The number of benzene rings is 3. The van der Waals surface area contributed by atoms with E-state index >= 15 is 0 Å². The Balaban J connectivity index is 2.18. The first-order chi connectivity index (χ1) is 10.4. The molecule has 102 valence electrons. The highest BCUT2D eigenvalue weighted by Crippen LogP contribution is 2.38. The Morgan fingerprint density at radius 1 is 0.714 bits per heavy atom. The first-order valence-corrected chi connectivity index (χ1v) is 7.37. The lowest BCUT2D eigenvalue weighted by Crippen LogP contribution is -1.83. The lowest BCUT2D eigenvalue weighted by molar-refractivity contribution is 0.669. The number of rotatable bonds is 2. The van der Waals surface area contributed by atoms with Crippen molar-refractivity contribution in [1.82, 2.24) is 0 Å². The van der Waals surface area contributed by atoms with Crippen LogP contribution in [0.2, 0.25) is 0 Å². The SMILES string of the molecule is CCc1cccc2oc3cccc(-c4ccccc4)c3c12. The highest BCUT2D eigenvalue weighted by molar-refractivity contribution is 6.13. The van der Waals surface area contributed by atoms with Crippen molar-refractivity contribution < 1.29 is 4.42 Å². The van der Waals surface area contributed by atoms with Crippen LogP contribution in [0, 0.1) is 0 Å². The van der Waals surface area contributed by atoms with E-state index in [1.807, 2.05) is 0 Å². The molecular formula is C20H16O. The molecule has 0 aliphatic rings. The third-order valence-corrected chi connectivity index (χ3v) is 4.07. The maximum Gasteiger partial charge on any atom is 0.136 e. The van der Waals surface area contributed by atoms with Crippen molar-refractivity contribution in [2.45, 2.75) is 13.3 Å². The summed E-state index contributed by atoms with van der Waals surface area (Å²) in [7, 11) is 0. The van der Waals surface area contributed by atoms with Gasteiger partial charge in [-0.3, -0.25) is 0 Å². The van der Waals surface area contributed by atoms with E-state index < -0.39 is 0 Å². The Kier molecular flexibility index (Phi) is 2.78. The van der Waals surface area contributed by atoms with E-state index in [2.05, 4.69) is 73.7 Å². The molecule has 0 aliphatic heterocycles. The predicted octanol–water partition coefficient (Wildman–Crippen LogP) is 5.82. The van der Waals surface area contributed by atoms with Gasteiger partial charge in [0.05, 0.1) is 0 Å². The van der Waals surface area contributed by atoms with Crippen LogP contribution in [0.1, 0.15) is 12.5 Å². The van der Waals surface area contributed by atoms with Gasteiger partial charge >= 0.3 is 0 Å². The van der Waals surface area contributed by atoms with Gasteiger partial charge in [0, 0.05) is 10.8 Å². The average Bonchev–Trinajstić information content (AvgIpc) is 2.94. The molecule has 21 heavy (non-hydrogen) atoms. The van der Waals surface area contributed by atoms with Crippen molar-refractivity contribution in [3.8, 4) is 11.1 Å². The van der Waals surface area contributed by atoms with Crippen LogP contribution >= 0.6 is 0 Å². The second-order valence-electron chi connectivity index (χ2n) is 5.29. The van der Waals surface area contributed by atoms with Crippen LogP contribution in [0.5, 0.6) is 0 Å². The second kappa shape index (κ2) is 4.78. The summed E-state index contributed by atoms with van der Waals surface area (Å²) in [5.74, 6) is 0. The second-order valence-corrected chi connectivity index (χ2v) is 5.29. The molecule has 4 aromatic rings. The Labute approximate surface area is 123 Å². The van der Waals surface area contributed by atoms with E-state index in [1.54, 1.807) is 0 Å². The summed E-state index contributed by atoms with van der Waals surface area (Å²) >= 11 is 0. The maximum absolute atomic E-state index is 6.06. The van der Waals surface area contributed by atoms with Gasteiger partial charge < -0.3 is 4.42 Å². The molecule has 1 heteroatoms. The molecule has 0 unspecified atom stereocenters. The van der Waals surface area contributed by atoms with Gasteiger partial charge in [0.25, 0.3) is 0 Å². The molecule has 0 saturated carbocycles. The first-order valence-electron chi connectivity index (χ1n) is 7.37. The molecule has 0 amide bonds. The summed E-state index contributed by atoms with van der Waals surface area (Å²) < 4.78 is 6.06. The zero-order valence-corrected chi connectivity index (χ0v) is 12.0. The molecule has 1 nitrogen and oxygen atoms in total. The third kappa shape index (κ3) is 1.85. The van der Waals surface area contributed by atoms with E-state index in [0.29, 0.717) is 0 Å². The van der Waals surface area contributed by atoms with Crippen LogP contribution in [0.15, 0.2) is 71.1 Å². The van der Waals surface area contributed by atoms with Gasteiger partial charge in [-0.05, 0) is 35.2 Å². The lowest BCUT2D eigenvalue weighted by atomic mass is 9.97. The van der Waals surface area contributed by atoms with Crippen molar-refractivity contribution in [2.24, 2.45) is 0 Å². The summed E-state index contributed by atoms with van der Waals surface area (Å²) in [6.07, 6.45) is 1.01. The van der Waals surface area contributed by atoms with Crippen LogP contribution in [0.4, 0.5) is 0 Å². The summed E-state index contributed by atoms with van der Waals surface area (Å²) in [5.41, 5.74) is 5.76. The lowest BCUT2D eigenvalue weighted by Gasteiger charge is -2.05. The third-order valence-electron chi connectivity index (χ3n) is 4.07. The summed E-state index contributed by atoms with van der Waals surface area (Å²) in [6.45, 7) is 2.19. The number of fused-ring (bicyclic) bond motifs is 3. The maximum atomic E-state index is 6.06. The fraction of sp³-hybridized carbons (Fsp3) is 0.100. The fourth-order valence-corrected chi connectivity index (χ4v) is 3.09. The normalized spacial score (nSPS) is 11.3. The van der Waals surface area contributed by atoms with Crippen LogP contribution in [0.25, 0.3) is 33.1 Å². The van der Waals surface area contributed by atoms with Gasteiger partial charge in [0.15, 0.2) is 0 Å².